The van der Waals surface area contributed by atoms with Crippen LogP contribution in [0.4, 0.5) is 5.82 Å². The molecular formula is C12H16ClN3O. The van der Waals surface area contributed by atoms with E-state index in [-0.39, 0.29) is 17.6 Å². The molecule has 0 saturated heterocycles. The number of nitrogens with zero attached hydrogens (tertiary/aromatic N) is 1. The van der Waals surface area contributed by atoms with Crippen LogP contribution in [0, 0.1) is 5.92 Å². The van der Waals surface area contributed by atoms with Gasteiger partial charge in [-0.15, -0.1) is 0 Å². The van der Waals surface area contributed by atoms with Gasteiger partial charge in [-0.05, 0) is 30.9 Å². The van der Waals surface area contributed by atoms with Crippen molar-refractivity contribution in [2.24, 2.45) is 5.92 Å². The quantitative estimate of drug-likeness (QED) is 0.865. The molecular weight excluding hydrogens is 238 g/mol. The molecule has 1 aliphatic rings. The van der Waals surface area contributed by atoms with Crippen molar-refractivity contribution in [1.82, 2.24) is 10.3 Å². The van der Waals surface area contributed by atoms with Gasteiger partial charge in [0.25, 0.3) is 5.91 Å². The summed E-state index contributed by atoms with van der Waals surface area (Å²) < 4.78 is 0. The van der Waals surface area contributed by atoms with Crippen LogP contribution in [0.1, 0.15) is 36.7 Å². The Kier molecular flexibility index (Phi) is 3.52. The van der Waals surface area contributed by atoms with Crippen LogP contribution in [0.5, 0.6) is 0 Å². The number of anilines is 1. The van der Waals surface area contributed by atoms with Gasteiger partial charge in [-0.1, -0.05) is 24.9 Å². The van der Waals surface area contributed by atoms with Crippen molar-refractivity contribution < 1.29 is 4.79 Å². The molecule has 4 nitrogen and oxygen atoms in total. The number of carbonyl (C=O) groups is 1. The SMILES string of the molecule is CCCC1CC1NC(=O)c1nc(N)ccc1Cl. The summed E-state index contributed by atoms with van der Waals surface area (Å²) in [5.41, 5.74) is 5.75. The Balaban J connectivity index is 1.98. The number of pyridine rings is 1. The molecule has 5 heteroatoms. The number of amides is 1. The van der Waals surface area contributed by atoms with Gasteiger partial charge >= 0.3 is 0 Å². The highest BCUT2D eigenvalue weighted by atomic mass is 35.5. The molecule has 0 radical (unpaired) electrons. The van der Waals surface area contributed by atoms with E-state index in [9.17, 15) is 4.79 Å². The molecule has 0 aliphatic heterocycles. The van der Waals surface area contributed by atoms with Crippen LogP contribution >= 0.6 is 11.6 Å². The maximum atomic E-state index is 11.9. The second-order valence-corrected chi connectivity index (χ2v) is 4.84. The summed E-state index contributed by atoms with van der Waals surface area (Å²) in [6.07, 6.45) is 3.36. The number of halogens is 1. The van der Waals surface area contributed by atoms with E-state index in [1.807, 2.05) is 0 Å². The van der Waals surface area contributed by atoms with Crippen LogP contribution in [0.25, 0.3) is 0 Å². The molecule has 1 heterocycles. The molecule has 2 atom stereocenters. The third-order valence-corrected chi connectivity index (χ3v) is 3.29. The molecule has 1 aromatic rings. The van der Waals surface area contributed by atoms with E-state index in [1.54, 1.807) is 12.1 Å². The lowest BCUT2D eigenvalue weighted by atomic mass is 10.2. The first-order valence-corrected chi connectivity index (χ1v) is 6.22. The van der Waals surface area contributed by atoms with Crippen molar-refractivity contribution in [3.8, 4) is 0 Å². The summed E-state index contributed by atoms with van der Waals surface area (Å²) >= 11 is 5.91. The Morgan fingerprint density at radius 1 is 1.65 bits per heavy atom. The maximum Gasteiger partial charge on any atom is 0.271 e. The Hall–Kier alpha value is -1.29. The number of nitrogens with one attached hydrogen (secondary N) is 1. The van der Waals surface area contributed by atoms with Crippen LogP contribution < -0.4 is 11.1 Å². The van der Waals surface area contributed by atoms with E-state index < -0.39 is 0 Å². The predicted molar refractivity (Wildman–Crippen MR) is 67.9 cm³/mol. The fraction of sp³-hybridized carbons (Fsp3) is 0.500. The Morgan fingerprint density at radius 3 is 3.12 bits per heavy atom. The van der Waals surface area contributed by atoms with Crippen molar-refractivity contribution in [2.75, 3.05) is 5.73 Å². The van der Waals surface area contributed by atoms with Gasteiger partial charge in [0, 0.05) is 6.04 Å². The average molecular weight is 254 g/mol. The Bertz CT molecular complexity index is 436. The second kappa shape index (κ2) is 4.92. The number of aromatic nitrogens is 1. The third kappa shape index (κ3) is 2.88. The molecule has 0 bridgehead atoms. The van der Waals surface area contributed by atoms with Crippen molar-refractivity contribution in [3.05, 3.63) is 22.8 Å². The predicted octanol–water partition coefficient (Wildman–Crippen LogP) is 2.24. The van der Waals surface area contributed by atoms with Gasteiger partial charge in [-0.3, -0.25) is 4.79 Å². The lowest BCUT2D eigenvalue weighted by molar-refractivity contribution is 0.0944. The van der Waals surface area contributed by atoms with Crippen LogP contribution in [0.3, 0.4) is 0 Å². The standard InChI is InChI=1S/C12H16ClN3O/c1-2-3-7-6-9(7)15-12(17)11-8(13)4-5-10(14)16-11/h4-5,7,9H,2-3,6H2,1H3,(H2,14,16)(H,15,17). The van der Waals surface area contributed by atoms with E-state index in [4.69, 9.17) is 17.3 Å². The van der Waals surface area contributed by atoms with E-state index in [1.165, 1.54) is 0 Å². The van der Waals surface area contributed by atoms with Gasteiger partial charge in [0.1, 0.15) is 11.5 Å². The fourth-order valence-electron chi connectivity index (χ4n) is 1.97. The van der Waals surface area contributed by atoms with Gasteiger partial charge in [0.05, 0.1) is 5.02 Å². The summed E-state index contributed by atoms with van der Waals surface area (Å²) in [6, 6.07) is 3.45. The van der Waals surface area contributed by atoms with E-state index in [0.29, 0.717) is 16.8 Å². The van der Waals surface area contributed by atoms with Crippen LogP contribution in [-0.4, -0.2) is 16.9 Å². The average Bonchev–Trinajstić information content (AvgIpc) is 3.00. The number of nitrogens with two attached hydrogens (primary N) is 1. The van der Waals surface area contributed by atoms with Gasteiger partial charge in [-0.25, -0.2) is 4.98 Å². The van der Waals surface area contributed by atoms with Crippen molar-refractivity contribution in [2.45, 2.75) is 32.2 Å². The molecule has 17 heavy (non-hydrogen) atoms. The number of carbonyl (C=O) groups excluding carboxylic acids is 1. The molecule has 3 N–H and O–H groups in total. The zero-order valence-corrected chi connectivity index (χ0v) is 10.5. The Morgan fingerprint density at radius 2 is 2.41 bits per heavy atom. The summed E-state index contributed by atoms with van der Waals surface area (Å²) in [4.78, 5) is 15.9. The summed E-state index contributed by atoms with van der Waals surface area (Å²) in [5.74, 6) is 0.690. The highest BCUT2D eigenvalue weighted by Gasteiger charge is 2.37. The van der Waals surface area contributed by atoms with E-state index >= 15 is 0 Å². The Labute approximate surface area is 106 Å². The highest BCUT2D eigenvalue weighted by Crippen LogP contribution is 2.34. The smallest absolute Gasteiger partial charge is 0.271 e. The van der Waals surface area contributed by atoms with E-state index in [0.717, 1.165) is 19.3 Å². The highest BCUT2D eigenvalue weighted by molar-refractivity contribution is 6.33. The summed E-state index contributed by atoms with van der Waals surface area (Å²) in [5, 5.41) is 3.27. The normalized spacial score (nSPS) is 22.2. The second-order valence-electron chi connectivity index (χ2n) is 4.43. The number of rotatable bonds is 4. The van der Waals surface area contributed by atoms with Crippen LogP contribution in [-0.2, 0) is 0 Å². The molecule has 92 valence electrons. The first-order valence-electron chi connectivity index (χ1n) is 5.84. The summed E-state index contributed by atoms with van der Waals surface area (Å²) in [7, 11) is 0. The van der Waals surface area contributed by atoms with Crippen molar-refractivity contribution in [3.63, 3.8) is 0 Å². The molecule has 1 aliphatic carbocycles. The minimum Gasteiger partial charge on any atom is -0.384 e. The van der Waals surface area contributed by atoms with Crippen molar-refractivity contribution >= 4 is 23.3 Å². The molecule has 2 rings (SSSR count). The maximum absolute atomic E-state index is 11.9. The van der Waals surface area contributed by atoms with Crippen molar-refractivity contribution in [1.29, 1.82) is 0 Å². The van der Waals surface area contributed by atoms with Gasteiger partial charge in [-0.2, -0.15) is 0 Å². The number of hydrogen-bond acceptors (Lipinski definition) is 3. The summed E-state index contributed by atoms with van der Waals surface area (Å²) in [6.45, 7) is 2.15. The first-order chi connectivity index (χ1) is 8.11. The molecule has 1 fully saturated rings. The lowest BCUT2D eigenvalue weighted by Crippen LogP contribution is -2.28. The molecule has 2 unspecified atom stereocenters. The van der Waals surface area contributed by atoms with Crippen LogP contribution in [0.2, 0.25) is 5.02 Å². The monoisotopic (exact) mass is 253 g/mol. The van der Waals surface area contributed by atoms with Crippen LogP contribution in [0.15, 0.2) is 12.1 Å². The van der Waals surface area contributed by atoms with Gasteiger partial charge in [0.15, 0.2) is 0 Å². The molecule has 1 saturated carbocycles. The number of nitrogen functional groups attached to an aromatic ring is 1. The fourth-order valence-corrected chi connectivity index (χ4v) is 2.16. The van der Waals surface area contributed by atoms with Gasteiger partial charge in [0.2, 0.25) is 0 Å². The van der Waals surface area contributed by atoms with Gasteiger partial charge < -0.3 is 11.1 Å². The zero-order valence-electron chi connectivity index (χ0n) is 9.74. The molecule has 0 spiro atoms. The lowest BCUT2D eigenvalue weighted by Gasteiger charge is -2.06. The van der Waals surface area contributed by atoms with E-state index in [2.05, 4.69) is 17.2 Å². The minimum atomic E-state index is -0.231. The molecule has 1 aromatic heterocycles. The minimum absolute atomic E-state index is 0.216. The topological polar surface area (TPSA) is 68.0 Å². The number of hydrogen-bond donors (Lipinski definition) is 2. The third-order valence-electron chi connectivity index (χ3n) is 2.98. The molecule has 1 amide bonds. The molecule has 0 aromatic carbocycles. The zero-order chi connectivity index (χ0) is 12.4. The largest absolute Gasteiger partial charge is 0.384 e. The first kappa shape index (κ1) is 12.2.